The maximum absolute atomic E-state index is 13.4. The van der Waals surface area contributed by atoms with Crippen molar-refractivity contribution in [3.63, 3.8) is 0 Å². The van der Waals surface area contributed by atoms with Crippen LogP contribution in [0.1, 0.15) is 22.7 Å². The number of aliphatic hydroxyl groups excluding tert-OH is 1. The minimum absolute atomic E-state index is 0.0965. The number of carbonyl (C=O) groups excluding carboxylic acids is 2. The van der Waals surface area contributed by atoms with Crippen LogP contribution in [0.15, 0.2) is 64.6 Å². The van der Waals surface area contributed by atoms with E-state index in [-0.39, 0.29) is 28.0 Å². The van der Waals surface area contributed by atoms with Gasteiger partial charge >= 0.3 is 5.91 Å². The number of anilines is 1. The number of hydrogen-bond acceptors (Lipinski definition) is 7. The van der Waals surface area contributed by atoms with Crippen LogP contribution < -0.4 is 9.64 Å². The molecule has 1 saturated heterocycles. The average molecular weight is 586 g/mol. The summed E-state index contributed by atoms with van der Waals surface area (Å²) in [5.74, 6) is -1.99. The number of fused-ring (bicyclic) bond motifs is 1. The van der Waals surface area contributed by atoms with E-state index in [1.165, 1.54) is 29.4 Å². The van der Waals surface area contributed by atoms with Gasteiger partial charge in [-0.05, 0) is 58.7 Å². The molecular formula is C26H18BrClN2O5S. The zero-order chi connectivity index (χ0) is 25.7. The maximum atomic E-state index is 13.4. The number of hydrogen-bond donors (Lipinski definition) is 2. The molecule has 182 valence electrons. The summed E-state index contributed by atoms with van der Waals surface area (Å²) >= 11 is 10.6. The van der Waals surface area contributed by atoms with Crippen molar-refractivity contribution in [1.29, 1.82) is 0 Å². The first-order valence-corrected chi connectivity index (χ1v) is 12.7. The molecule has 3 aromatic carbocycles. The van der Waals surface area contributed by atoms with Crippen LogP contribution in [0.25, 0.3) is 16.0 Å². The summed E-state index contributed by atoms with van der Waals surface area (Å²) < 4.78 is 6.34. The Morgan fingerprint density at radius 2 is 1.86 bits per heavy atom. The van der Waals surface area contributed by atoms with Gasteiger partial charge in [-0.1, -0.05) is 52.8 Å². The molecule has 0 spiro atoms. The van der Waals surface area contributed by atoms with E-state index in [1.54, 1.807) is 48.5 Å². The largest absolute Gasteiger partial charge is 0.507 e. The fraction of sp³-hybridized carbons (Fsp3) is 0.115. The Bertz CT molecular complexity index is 1580. The van der Waals surface area contributed by atoms with E-state index in [9.17, 15) is 19.8 Å². The molecular weight excluding hydrogens is 568 g/mol. The Hall–Kier alpha value is -3.40. The number of methoxy groups -OCH3 is 1. The van der Waals surface area contributed by atoms with Crippen LogP contribution in [-0.4, -0.2) is 34.0 Å². The zero-order valence-corrected chi connectivity index (χ0v) is 22.1. The zero-order valence-electron chi connectivity index (χ0n) is 19.0. The minimum Gasteiger partial charge on any atom is -0.507 e. The van der Waals surface area contributed by atoms with Gasteiger partial charge in [-0.3, -0.25) is 14.5 Å². The number of thiazole rings is 1. The van der Waals surface area contributed by atoms with Crippen LogP contribution in [-0.2, 0) is 9.59 Å². The first-order chi connectivity index (χ1) is 17.2. The van der Waals surface area contributed by atoms with E-state index in [2.05, 4.69) is 20.9 Å². The number of aryl methyl sites for hydroxylation is 1. The number of amides is 1. The van der Waals surface area contributed by atoms with Crippen LogP contribution in [0.3, 0.4) is 0 Å². The number of aliphatic hydroxyl groups is 1. The number of Topliss-reactive ketones (excluding diaryl/α,β-unsaturated/α-hetero) is 1. The molecule has 2 heterocycles. The summed E-state index contributed by atoms with van der Waals surface area (Å²) in [6.45, 7) is 1.91. The number of ether oxygens (including phenoxy) is 1. The summed E-state index contributed by atoms with van der Waals surface area (Å²) in [7, 11) is 1.39. The third-order valence-corrected chi connectivity index (χ3v) is 7.76. The minimum atomic E-state index is -1.03. The molecule has 5 rings (SSSR count). The van der Waals surface area contributed by atoms with E-state index < -0.39 is 17.7 Å². The molecule has 1 aromatic heterocycles. The first kappa shape index (κ1) is 24.3. The molecule has 0 bridgehead atoms. The predicted molar refractivity (Wildman–Crippen MR) is 143 cm³/mol. The van der Waals surface area contributed by atoms with Crippen molar-refractivity contribution < 1.29 is 24.5 Å². The fourth-order valence-electron chi connectivity index (χ4n) is 4.11. The number of nitrogens with zero attached hydrogens (tertiary/aromatic N) is 2. The molecule has 4 aromatic rings. The number of ketones is 1. The van der Waals surface area contributed by atoms with Crippen LogP contribution in [0, 0.1) is 6.92 Å². The average Bonchev–Trinajstić information content (AvgIpc) is 3.38. The van der Waals surface area contributed by atoms with Gasteiger partial charge in [0.05, 0.1) is 33.4 Å². The van der Waals surface area contributed by atoms with E-state index >= 15 is 0 Å². The smallest absolute Gasteiger partial charge is 0.301 e. The summed E-state index contributed by atoms with van der Waals surface area (Å²) in [6.07, 6.45) is 0. The van der Waals surface area contributed by atoms with Crippen molar-refractivity contribution in [1.82, 2.24) is 4.98 Å². The molecule has 1 unspecified atom stereocenters. The lowest BCUT2D eigenvalue weighted by Crippen LogP contribution is -2.29. The SMILES string of the molecule is COc1cc(C2C(=C(O)c3ccc(C)cc3)C(=O)C(=O)N2c2nc3ccc(Cl)cc3s2)cc(Br)c1O. The first-order valence-electron chi connectivity index (χ1n) is 10.7. The third-order valence-electron chi connectivity index (χ3n) is 5.90. The predicted octanol–water partition coefficient (Wildman–Crippen LogP) is 6.36. The van der Waals surface area contributed by atoms with Crippen LogP contribution in [0.5, 0.6) is 11.5 Å². The molecule has 10 heteroatoms. The molecule has 1 fully saturated rings. The summed E-state index contributed by atoms with van der Waals surface area (Å²) in [5.41, 5.74) is 2.32. The van der Waals surface area contributed by atoms with Gasteiger partial charge in [0.25, 0.3) is 5.78 Å². The number of aromatic hydroxyl groups is 1. The molecule has 0 saturated carbocycles. The Balaban J connectivity index is 1.77. The van der Waals surface area contributed by atoms with Crippen molar-refractivity contribution in [3.8, 4) is 11.5 Å². The van der Waals surface area contributed by atoms with Gasteiger partial charge in [-0.2, -0.15) is 0 Å². The summed E-state index contributed by atoms with van der Waals surface area (Å²) in [4.78, 5) is 32.6. The molecule has 1 atom stereocenters. The second-order valence-corrected chi connectivity index (χ2v) is 10.5. The fourth-order valence-corrected chi connectivity index (χ4v) is 5.84. The monoisotopic (exact) mass is 584 g/mol. The Kier molecular flexibility index (Phi) is 6.23. The van der Waals surface area contributed by atoms with Gasteiger partial charge in [0.15, 0.2) is 16.6 Å². The standard InChI is InChI=1S/C26H18BrClN2O5S/c1-12-3-5-13(6-4-12)22(31)20-21(14-9-16(27)23(32)18(10-14)35-2)30(25(34)24(20)33)26-29-17-8-7-15(28)11-19(17)36-26/h3-11,21,31-32H,1-2H3. The van der Waals surface area contributed by atoms with Gasteiger partial charge in [-0.25, -0.2) is 4.98 Å². The van der Waals surface area contributed by atoms with Gasteiger partial charge in [0.2, 0.25) is 0 Å². The topological polar surface area (TPSA) is 100.0 Å². The third kappa shape index (κ3) is 4.03. The lowest BCUT2D eigenvalue weighted by atomic mass is 9.95. The number of aromatic nitrogens is 1. The summed E-state index contributed by atoms with van der Waals surface area (Å²) in [6, 6.07) is 14.2. The lowest BCUT2D eigenvalue weighted by molar-refractivity contribution is -0.132. The highest BCUT2D eigenvalue weighted by Gasteiger charge is 2.48. The van der Waals surface area contributed by atoms with Crippen molar-refractivity contribution >= 4 is 71.7 Å². The van der Waals surface area contributed by atoms with Gasteiger partial charge in [-0.15, -0.1) is 0 Å². The number of benzene rings is 3. The molecule has 7 nitrogen and oxygen atoms in total. The normalized spacial score (nSPS) is 17.2. The second kappa shape index (κ2) is 9.24. The number of phenols is 1. The Morgan fingerprint density at radius 3 is 2.56 bits per heavy atom. The van der Waals surface area contributed by atoms with Gasteiger partial charge in [0, 0.05) is 10.6 Å². The second-order valence-electron chi connectivity index (χ2n) is 8.20. The molecule has 0 aliphatic carbocycles. The Morgan fingerprint density at radius 1 is 1.14 bits per heavy atom. The summed E-state index contributed by atoms with van der Waals surface area (Å²) in [5, 5.41) is 22.4. The highest BCUT2D eigenvalue weighted by atomic mass is 79.9. The van der Waals surface area contributed by atoms with Crippen LogP contribution in [0.4, 0.5) is 5.13 Å². The van der Waals surface area contributed by atoms with E-state index in [1.807, 2.05) is 6.92 Å². The van der Waals surface area contributed by atoms with Crippen molar-refractivity contribution in [3.05, 3.63) is 86.4 Å². The number of halogens is 2. The van der Waals surface area contributed by atoms with Gasteiger partial charge in [0.1, 0.15) is 5.76 Å². The molecule has 2 N–H and O–H groups in total. The van der Waals surface area contributed by atoms with Crippen LogP contribution >= 0.6 is 38.9 Å². The maximum Gasteiger partial charge on any atom is 0.301 e. The van der Waals surface area contributed by atoms with E-state index in [4.69, 9.17) is 16.3 Å². The van der Waals surface area contributed by atoms with E-state index in [0.717, 1.165) is 10.3 Å². The number of rotatable bonds is 4. The quantitative estimate of drug-likeness (QED) is 0.164. The van der Waals surface area contributed by atoms with Crippen molar-refractivity contribution in [2.24, 2.45) is 0 Å². The number of phenolic OH excluding ortho intramolecular Hbond substituents is 1. The highest BCUT2D eigenvalue weighted by molar-refractivity contribution is 9.10. The molecule has 1 aliphatic rings. The van der Waals surface area contributed by atoms with Crippen molar-refractivity contribution in [2.75, 3.05) is 12.0 Å². The van der Waals surface area contributed by atoms with Crippen LogP contribution in [0.2, 0.25) is 5.02 Å². The molecule has 36 heavy (non-hydrogen) atoms. The molecule has 1 aliphatic heterocycles. The Labute approximate surface area is 223 Å². The highest BCUT2D eigenvalue weighted by Crippen LogP contribution is 2.47. The lowest BCUT2D eigenvalue weighted by Gasteiger charge is -2.24. The molecule has 0 radical (unpaired) electrons. The van der Waals surface area contributed by atoms with Crippen molar-refractivity contribution in [2.45, 2.75) is 13.0 Å². The number of carbonyl (C=O) groups is 2. The van der Waals surface area contributed by atoms with E-state index in [0.29, 0.717) is 26.1 Å². The van der Waals surface area contributed by atoms with Gasteiger partial charge < -0.3 is 14.9 Å². The molecule has 1 amide bonds.